The number of aromatic nitrogens is 3. The lowest BCUT2D eigenvalue weighted by molar-refractivity contribution is 0.0697. The average molecular weight is 734 g/mol. The van der Waals surface area contributed by atoms with Gasteiger partial charge in [0.15, 0.2) is 17.2 Å². The van der Waals surface area contributed by atoms with Gasteiger partial charge in [0.2, 0.25) is 11.9 Å². The van der Waals surface area contributed by atoms with Crippen LogP contribution in [0.3, 0.4) is 0 Å². The number of hydrogen-bond acceptors (Lipinski definition) is 16. The molecule has 8 N–H and O–H groups in total. The molecule has 1 atom stereocenters. The number of rotatable bonds is 11. The van der Waals surface area contributed by atoms with Crippen molar-refractivity contribution in [1.29, 1.82) is 0 Å². The Bertz CT molecular complexity index is 2430. The van der Waals surface area contributed by atoms with E-state index < -0.39 is 82.5 Å². The molecule has 1 heterocycles. The second-order valence-electron chi connectivity index (χ2n) is 9.47. The molecule has 23 heteroatoms. The summed E-state index contributed by atoms with van der Waals surface area (Å²) in [5.74, 6) is -3.76. The Hall–Kier alpha value is -5.85. The number of phenols is 1. The maximum absolute atomic E-state index is 12.2. The molecule has 0 saturated carbocycles. The van der Waals surface area contributed by atoms with Gasteiger partial charge in [0.1, 0.15) is 5.69 Å². The van der Waals surface area contributed by atoms with Crippen LogP contribution >= 0.6 is 0 Å². The lowest BCUT2D eigenvalue weighted by Crippen LogP contribution is -2.06. The second-order valence-corrected chi connectivity index (χ2v) is 12.9. The highest BCUT2D eigenvalue weighted by molar-refractivity contribution is 7.86. The highest BCUT2D eigenvalue weighted by Crippen LogP contribution is 2.47. The van der Waals surface area contributed by atoms with Crippen LogP contribution in [0.2, 0.25) is 0 Å². The van der Waals surface area contributed by atoms with Crippen molar-refractivity contribution < 1.29 is 59.0 Å². The number of benzene rings is 4. The fraction of sp³-hybridized carbons (Fsp3) is 0. The van der Waals surface area contributed by atoms with Crippen molar-refractivity contribution in [3.8, 4) is 17.5 Å². The van der Waals surface area contributed by atoms with Gasteiger partial charge >= 0.3 is 23.3 Å². The molecule has 0 aliphatic carbocycles. The molecule has 4 aromatic carbocycles. The van der Waals surface area contributed by atoms with Crippen LogP contribution in [-0.2, 0) is 31.6 Å². The summed E-state index contributed by atoms with van der Waals surface area (Å²) < 4.78 is 92.4. The van der Waals surface area contributed by atoms with Gasteiger partial charge in [-0.15, -0.1) is 10.2 Å². The Labute approximate surface area is 276 Å². The summed E-state index contributed by atoms with van der Waals surface area (Å²) in [6.45, 7) is 0. The molecular formula is C26H19N7O13S3. The van der Waals surface area contributed by atoms with Crippen molar-refractivity contribution in [2.75, 3.05) is 10.6 Å². The maximum Gasteiger partial charge on any atom is 0.357 e. The first-order chi connectivity index (χ1) is 23.0. The summed E-state index contributed by atoms with van der Waals surface area (Å²) in [5, 5.41) is 43.3. The molecule has 0 bridgehead atoms. The van der Waals surface area contributed by atoms with E-state index in [1.807, 2.05) is 0 Å². The Morgan fingerprint density at radius 2 is 1.49 bits per heavy atom. The van der Waals surface area contributed by atoms with Gasteiger partial charge in [0.25, 0.3) is 20.2 Å². The molecule has 20 nitrogen and oxygen atoms in total. The highest BCUT2D eigenvalue weighted by atomic mass is 32.2. The molecule has 0 fully saturated rings. The summed E-state index contributed by atoms with van der Waals surface area (Å²) in [5.41, 5.74) is -1.43. The van der Waals surface area contributed by atoms with E-state index in [-0.39, 0.29) is 33.4 Å². The van der Waals surface area contributed by atoms with E-state index in [0.29, 0.717) is 0 Å². The third kappa shape index (κ3) is 8.00. The van der Waals surface area contributed by atoms with Crippen molar-refractivity contribution in [2.24, 2.45) is 10.2 Å². The van der Waals surface area contributed by atoms with Gasteiger partial charge in [0, 0.05) is 11.1 Å². The van der Waals surface area contributed by atoms with Crippen molar-refractivity contribution in [2.45, 2.75) is 9.79 Å². The first-order valence-corrected chi connectivity index (χ1v) is 16.8. The number of carboxylic acid groups (broad SMARTS) is 1. The Morgan fingerprint density at radius 3 is 2.14 bits per heavy atom. The molecule has 0 saturated heterocycles. The fourth-order valence-electron chi connectivity index (χ4n) is 4.25. The topological polar surface area (TPSA) is 320 Å². The Kier molecular flexibility index (Phi) is 9.39. The zero-order valence-electron chi connectivity index (χ0n) is 23.9. The number of hydrogen-bond donors (Lipinski definition) is 8. The van der Waals surface area contributed by atoms with Crippen molar-refractivity contribution in [3.05, 3.63) is 72.3 Å². The summed E-state index contributed by atoms with van der Waals surface area (Å²) in [7, 11) is -9.54. The van der Waals surface area contributed by atoms with Gasteiger partial charge in [-0.05, 0) is 53.9 Å². The number of nitrogens with one attached hydrogen (secondary N) is 2. The van der Waals surface area contributed by atoms with Crippen LogP contribution < -0.4 is 14.8 Å². The Morgan fingerprint density at radius 1 is 0.816 bits per heavy atom. The minimum absolute atomic E-state index is 0.0383. The first-order valence-electron chi connectivity index (χ1n) is 12.9. The number of carboxylic acids is 1. The summed E-state index contributed by atoms with van der Waals surface area (Å²) in [6.07, 6.45) is 0. The third-order valence-corrected chi connectivity index (χ3v) is 8.24. The van der Waals surface area contributed by atoms with Gasteiger partial charge in [-0.2, -0.15) is 36.0 Å². The highest BCUT2D eigenvalue weighted by Gasteiger charge is 2.23. The van der Waals surface area contributed by atoms with Crippen LogP contribution in [0.15, 0.2) is 86.7 Å². The van der Waals surface area contributed by atoms with Crippen LogP contribution in [0, 0.1) is 0 Å². The predicted molar refractivity (Wildman–Crippen MR) is 169 cm³/mol. The fourth-order valence-corrected chi connectivity index (χ4v) is 5.60. The molecule has 1 aromatic heterocycles. The molecule has 1 unspecified atom stereocenters. The van der Waals surface area contributed by atoms with E-state index in [1.54, 1.807) is 0 Å². The Balaban J connectivity index is 1.67. The molecule has 5 aromatic rings. The summed E-state index contributed by atoms with van der Waals surface area (Å²) >= 11 is -3.03. The van der Waals surface area contributed by atoms with E-state index in [1.165, 1.54) is 36.4 Å². The van der Waals surface area contributed by atoms with Crippen LogP contribution in [0.4, 0.5) is 34.6 Å². The quantitative estimate of drug-likeness (QED) is 0.0539. The zero-order valence-corrected chi connectivity index (χ0v) is 26.3. The molecule has 254 valence electrons. The van der Waals surface area contributed by atoms with Crippen LogP contribution in [-0.4, -0.2) is 70.9 Å². The number of aromatic hydroxyl groups is 2. The molecule has 5 rings (SSSR count). The minimum atomic E-state index is -4.95. The van der Waals surface area contributed by atoms with E-state index in [2.05, 4.69) is 35.8 Å². The smallest absolute Gasteiger partial charge is 0.357 e. The predicted octanol–water partition coefficient (Wildman–Crippen LogP) is 4.05. The summed E-state index contributed by atoms with van der Waals surface area (Å²) in [6, 6.07) is 11.9. The average Bonchev–Trinajstić information content (AvgIpc) is 2.99. The third-order valence-electron chi connectivity index (χ3n) is 6.23. The molecule has 0 amide bonds. The van der Waals surface area contributed by atoms with E-state index >= 15 is 0 Å². The van der Waals surface area contributed by atoms with Gasteiger partial charge < -0.3 is 30.1 Å². The van der Waals surface area contributed by atoms with E-state index in [9.17, 15) is 54.8 Å². The number of carbonyl (C=O) groups is 1. The molecular weight excluding hydrogens is 715 g/mol. The minimum Gasteiger partial charge on any atom is -0.505 e. The monoisotopic (exact) mass is 733 g/mol. The van der Waals surface area contributed by atoms with Crippen molar-refractivity contribution in [1.82, 2.24) is 15.0 Å². The van der Waals surface area contributed by atoms with E-state index in [4.69, 9.17) is 4.18 Å². The SMILES string of the molecule is O=C(O)c1ccccc1N=Nc1c(OS(=O)O)cc2cc(S(=O)(=O)O)cc(Nc3nc(O)nc(Nc4cccc(S(=O)(=O)O)c4)n3)c2c1O. The number of azo groups is 1. The zero-order chi connectivity index (χ0) is 35.7. The number of nitrogens with zero attached hydrogens (tertiary/aromatic N) is 5. The van der Waals surface area contributed by atoms with Gasteiger partial charge in [0.05, 0.1) is 21.0 Å². The molecule has 0 aliphatic heterocycles. The van der Waals surface area contributed by atoms with Crippen LogP contribution in [0.1, 0.15) is 10.4 Å². The number of aromatic carboxylic acids is 1. The molecule has 0 aliphatic rings. The number of fused-ring (bicyclic) bond motifs is 1. The lowest BCUT2D eigenvalue weighted by atomic mass is 10.1. The normalized spacial score (nSPS) is 12.6. The second kappa shape index (κ2) is 13.3. The van der Waals surface area contributed by atoms with E-state index in [0.717, 1.165) is 30.3 Å². The number of anilines is 4. The number of phenolic OH excluding ortho intramolecular Hbond substituents is 1. The van der Waals surface area contributed by atoms with Gasteiger partial charge in [-0.3, -0.25) is 13.7 Å². The van der Waals surface area contributed by atoms with Crippen molar-refractivity contribution in [3.63, 3.8) is 0 Å². The summed E-state index contributed by atoms with van der Waals surface area (Å²) in [4.78, 5) is 21.8. The molecule has 0 spiro atoms. The van der Waals surface area contributed by atoms with Crippen LogP contribution in [0.5, 0.6) is 17.5 Å². The van der Waals surface area contributed by atoms with Gasteiger partial charge in [-0.1, -0.05) is 18.2 Å². The molecule has 0 radical (unpaired) electrons. The standard InChI is InChI=1S/C26H19N7O13S3/c34-22-20-12(9-19(46-47(38)39)21(22)33-32-17-7-2-1-6-16(17)23(35)36)8-15(49(43,44)45)11-18(20)28-25-29-24(30-26(37)31-25)27-13-4-3-5-14(10-13)48(40,41)42/h1-11,34H,(H,35,36)(H,38,39)(H,40,41,42)(H,43,44,45)(H3,27,28,29,30,31,37). The van der Waals surface area contributed by atoms with Crippen LogP contribution in [0.25, 0.3) is 10.8 Å². The lowest BCUT2D eigenvalue weighted by Gasteiger charge is -2.15. The maximum atomic E-state index is 12.2. The molecule has 49 heavy (non-hydrogen) atoms. The van der Waals surface area contributed by atoms with Crippen molar-refractivity contribution >= 4 is 83.0 Å². The largest absolute Gasteiger partial charge is 0.505 e. The first kappa shape index (κ1) is 34.5. The van der Waals surface area contributed by atoms with Gasteiger partial charge in [-0.25, -0.2) is 4.79 Å².